The van der Waals surface area contributed by atoms with Crippen molar-refractivity contribution in [1.29, 1.82) is 0 Å². The Morgan fingerprint density at radius 1 is 1.33 bits per heavy atom. The zero-order valence-corrected chi connectivity index (χ0v) is 13.5. The van der Waals surface area contributed by atoms with E-state index >= 15 is 0 Å². The van der Waals surface area contributed by atoms with Gasteiger partial charge in [0.1, 0.15) is 12.6 Å². The summed E-state index contributed by atoms with van der Waals surface area (Å²) in [5.74, 6) is 0.498. The number of rotatable bonds is 2. The van der Waals surface area contributed by atoms with Crippen LogP contribution < -0.4 is 0 Å². The molecule has 0 amide bonds. The third kappa shape index (κ3) is 2.47. The number of fused-ring (bicyclic) bond motifs is 1. The van der Waals surface area contributed by atoms with E-state index in [1.807, 2.05) is 12.4 Å². The largest absolute Gasteiger partial charge is 0.373 e. The molecule has 116 valence electrons. The number of ether oxygens (including phenoxy) is 2. The first-order valence-electron chi connectivity index (χ1n) is 7.72. The van der Waals surface area contributed by atoms with E-state index in [4.69, 9.17) is 9.47 Å². The van der Waals surface area contributed by atoms with Crippen LogP contribution in [0.25, 0.3) is 0 Å². The molecule has 0 N–H and O–H groups in total. The molecule has 2 fully saturated rings. The number of aromatic nitrogens is 2. The van der Waals surface area contributed by atoms with Crippen molar-refractivity contribution in [3.05, 3.63) is 24.3 Å². The van der Waals surface area contributed by atoms with Crippen LogP contribution in [-0.2, 0) is 9.47 Å². The number of likely N-dealkylation sites (N-methyl/N-ethyl adjacent to an activating group) is 1. The first-order chi connectivity index (χ1) is 9.92. The lowest BCUT2D eigenvalue weighted by molar-refractivity contribution is -0.158. The summed E-state index contributed by atoms with van der Waals surface area (Å²) in [5.41, 5.74) is 0.811. The fraction of sp³-hybridized carbons (Fsp3) is 0.750. The lowest BCUT2D eigenvalue weighted by Gasteiger charge is -2.45. The summed E-state index contributed by atoms with van der Waals surface area (Å²) >= 11 is 0. The zero-order chi connectivity index (χ0) is 15.2. The summed E-state index contributed by atoms with van der Waals surface area (Å²) in [4.78, 5) is 10.5. The van der Waals surface area contributed by atoms with E-state index in [1.165, 1.54) is 0 Å². The van der Waals surface area contributed by atoms with Gasteiger partial charge in [0.05, 0.1) is 23.9 Å². The molecule has 3 rings (SSSR count). The molecule has 5 atom stereocenters. The Hall–Kier alpha value is -1.04. The fourth-order valence-electron chi connectivity index (χ4n) is 3.91. The normalized spacial score (nSPS) is 40.5. The number of nitrogens with zero attached hydrogens (tertiary/aromatic N) is 3. The maximum atomic E-state index is 6.47. The minimum Gasteiger partial charge on any atom is -0.373 e. The van der Waals surface area contributed by atoms with Crippen molar-refractivity contribution >= 4 is 0 Å². The van der Waals surface area contributed by atoms with E-state index in [0.29, 0.717) is 5.92 Å². The molecule has 0 spiro atoms. The summed E-state index contributed by atoms with van der Waals surface area (Å²) in [7, 11) is 2.10. The number of hydrogen-bond donors (Lipinski definition) is 0. The van der Waals surface area contributed by atoms with Crippen LogP contribution in [0.4, 0.5) is 0 Å². The molecular formula is C16H25N3O2. The molecule has 5 unspecified atom stereocenters. The van der Waals surface area contributed by atoms with Crippen LogP contribution in [0.2, 0.25) is 0 Å². The van der Waals surface area contributed by atoms with Crippen molar-refractivity contribution in [2.24, 2.45) is 5.92 Å². The number of hydrogen-bond acceptors (Lipinski definition) is 5. The van der Waals surface area contributed by atoms with Gasteiger partial charge in [-0.1, -0.05) is 13.8 Å². The summed E-state index contributed by atoms with van der Waals surface area (Å²) in [6, 6.07) is 0.248. The van der Waals surface area contributed by atoms with Crippen LogP contribution in [0.3, 0.4) is 0 Å². The average molecular weight is 291 g/mol. The second-order valence-corrected chi connectivity index (χ2v) is 6.89. The monoisotopic (exact) mass is 291 g/mol. The molecular weight excluding hydrogens is 266 g/mol. The van der Waals surface area contributed by atoms with Gasteiger partial charge in [-0.25, -0.2) is 9.97 Å². The third-order valence-electron chi connectivity index (χ3n) is 4.87. The summed E-state index contributed by atoms with van der Waals surface area (Å²) < 4.78 is 12.7. The smallest absolute Gasteiger partial charge is 0.140 e. The standard InChI is InChI=1S/C16H25N3O2/c1-10(2)13-6-16(4)14(11(3)20-13)19(5)15(21-16)12-7-17-9-18-8-12/h7-11,13-15H,6H2,1-5H3. The highest BCUT2D eigenvalue weighted by Gasteiger charge is 2.56. The van der Waals surface area contributed by atoms with Gasteiger partial charge >= 0.3 is 0 Å². The van der Waals surface area contributed by atoms with Gasteiger partial charge in [0.2, 0.25) is 0 Å². The van der Waals surface area contributed by atoms with Gasteiger partial charge in [-0.15, -0.1) is 0 Å². The Labute approximate surface area is 126 Å². The highest BCUT2D eigenvalue weighted by atomic mass is 16.6. The van der Waals surface area contributed by atoms with E-state index < -0.39 is 0 Å². The third-order valence-corrected chi connectivity index (χ3v) is 4.87. The molecule has 0 radical (unpaired) electrons. The second-order valence-electron chi connectivity index (χ2n) is 6.89. The van der Waals surface area contributed by atoms with Crippen molar-refractivity contribution in [1.82, 2.24) is 14.9 Å². The molecule has 0 bridgehead atoms. The topological polar surface area (TPSA) is 47.5 Å². The Kier molecular flexibility index (Phi) is 3.76. The van der Waals surface area contributed by atoms with E-state index in [9.17, 15) is 0 Å². The van der Waals surface area contributed by atoms with Crippen LogP contribution >= 0.6 is 0 Å². The minimum absolute atomic E-state index is 0.0989. The van der Waals surface area contributed by atoms with Crippen molar-refractivity contribution in [2.45, 2.75) is 64.2 Å². The molecule has 3 heterocycles. The van der Waals surface area contributed by atoms with E-state index in [0.717, 1.165) is 12.0 Å². The van der Waals surface area contributed by atoms with Crippen molar-refractivity contribution in [3.63, 3.8) is 0 Å². The summed E-state index contributed by atoms with van der Waals surface area (Å²) in [6.45, 7) is 8.79. The fourth-order valence-corrected chi connectivity index (χ4v) is 3.91. The minimum atomic E-state index is -0.193. The van der Waals surface area contributed by atoms with Crippen LogP contribution in [0.5, 0.6) is 0 Å². The molecule has 2 aliphatic heterocycles. The zero-order valence-electron chi connectivity index (χ0n) is 13.5. The molecule has 1 aromatic heterocycles. The van der Waals surface area contributed by atoms with Crippen LogP contribution in [0, 0.1) is 5.92 Å². The first-order valence-corrected chi connectivity index (χ1v) is 7.72. The van der Waals surface area contributed by atoms with Gasteiger partial charge in [0, 0.05) is 24.4 Å². The maximum Gasteiger partial charge on any atom is 0.140 e. The molecule has 1 aromatic rings. The Morgan fingerprint density at radius 3 is 2.62 bits per heavy atom. The second kappa shape index (κ2) is 5.30. The first kappa shape index (κ1) is 14.9. The summed E-state index contributed by atoms with van der Waals surface area (Å²) in [6.07, 6.45) is 6.44. The molecule has 21 heavy (non-hydrogen) atoms. The Balaban J connectivity index is 1.89. The molecule has 0 aromatic carbocycles. The quantitative estimate of drug-likeness (QED) is 0.837. The predicted molar refractivity (Wildman–Crippen MR) is 79.6 cm³/mol. The molecule has 2 aliphatic rings. The Morgan fingerprint density at radius 2 is 2.00 bits per heavy atom. The molecule has 5 nitrogen and oxygen atoms in total. The summed E-state index contributed by atoms with van der Waals surface area (Å²) in [5, 5.41) is 0. The molecule has 5 heteroatoms. The van der Waals surface area contributed by atoms with Gasteiger partial charge in [-0.05, 0) is 26.8 Å². The van der Waals surface area contributed by atoms with Crippen molar-refractivity contribution in [3.8, 4) is 0 Å². The highest BCUT2D eigenvalue weighted by molar-refractivity contribution is 5.14. The van der Waals surface area contributed by atoms with Crippen molar-refractivity contribution in [2.75, 3.05) is 7.05 Å². The van der Waals surface area contributed by atoms with Crippen LogP contribution in [0.15, 0.2) is 18.7 Å². The maximum absolute atomic E-state index is 6.47. The van der Waals surface area contributed by atoms with Gasteiger partial charge in [0.25, 0.3) is 0 Å². The molecule has 0 saturated carbocycles. The molecule has 2 saturated heterocycles. The van der Waals surface area contributed by atoms with Gasteiger partial charge in [-0.2, -0.15) is 0 Å². The van der Waals surface area contributed by atoms with Gasteiger partial charge in [0.15, 0.2) is 0 Å². The van der Waals surface area contributed by atoms with E-state index in [1.54, 1.807) is 6.33 Å². The average Bonchev–Trinajstić information content (AvgIpc) is 2.71. The van der Waals surface area contributed by atoms with Crippen molar-refractivity contribution < 1.29 is 9.47 Å². The van der Waals surface area contributed by atoms with Crippen LogP contribution in [-0.4, -0.2) is 45.8 Å². The van der Waals surface area contributed by atoms with Gasteiger partial charge < -0.3 is 9.47 Å². The van der Waals surface area contributed by atoms with Crippen LogP contribution in [0.1, 0.15) is 45.9 Å². The van der Waals surface area contributed by atoms with Gasteiger partial charge in [-0.3, -0.25) is 4.90 Å². The predicted octanol–water partition coefficient (Wildman–Crippen LogP) is 2.40. The SMILES string of the molecule is CC(C)C1CC2(C)OC(c3cncnc3)N(C)C2C(C)O1. The Bertz CT molecular complexity index is 496. The van der Waals surface area contributed by atoms with E-state index in [-0.39, 0.29) is 30.1 Å². The van der Waals surface area contributed by atoms with E-state index in [2.05, 4.69) is 49.6 Å². The highest BCUT2D eigenvalue weighted by Crippen LogP contribution is 2.47. The lowest BCUT2D eigenvalue weighted by atomic mass is 9.81. The lowest BCUT2D eigenvalue weighted by Crippen LogP contribution is -2.57. The molecule has 0 aliphatic carbocycles.